The maximum absolute atomic E-state index is 2.47. The van der Waals surface area contributed by atoms with E-state index in [0.717, 1.165) is 11.4 Å². The summed E-state index contributed by atoms with van der Waals surface area (Å²) in [6.07, 6.45) is 0. The molecule has 0 bridgehead atoms. The highest BCUT2D eigenvalue weighted by Crippen LogP contribution is 2.51. The summed E-state index contributed by atoms with van der Waals surface area (Å²) >= 11 is 0. The molecule has 0 heterocycles. The second kappa shape index (κ2) is 10.2. The molecule has 9 rings (SSSR count). The maximum atomic E-state index is 2.47. The van der Waals surface area contributed by atoms with E-state index in [1.807, 2.05) is 0 Å². The quantitative estimate of drug-likeness (QED) is 0.185. The van der Waals surface area contributed by atoms with Crippen LogP contribution in [0, 0.1) is 0 Å². The Kier molecular flexibility index (Phi) is 5.92. The van der Waals surface area contributed by atoms with Crippen LogP contribution < -0.4 is 4.90 Å². The number of hydrogen-bond donors (Lipinski definition) is 0. The van der Waals surface area contributed by atoms with Crippen LogP contribution >= 0.6 is 0 Å². The van der Waals surface area contributed by atoms with Crippen LogP contribution in [0.2, 0.25) is 0 Å². The minimum Gasteiger partial charge on any atom is -0.310 e. The molecule has 0 unspecified atom stereocenters. The zero-order valence-corrected chi connectivity index (χ0v) is 26.0. The zero-order chi connectivity index (χ0) is 30.8. The van der Waals surface area contributed by atoms with E-state index in [4.69, 9.17) is 0 Å². The number of anilines is 3. The Morgan fingerprint density at radius 1 is 0.413 bits per heavy atom. The van der Waals surface area contributed by atoms with Gasteiger partial charge in [0.15, 0.2) is 0 Å². The molecule has 46 heavy (non-hydrogen) atoms. The molecular weight excluding hydrogens is 555 g/mol. The molecule has 0 aromatic heterocycles. The summed E-state index contributed by atoms with van der Waals surface area (Å²) in [5.41, 5.74) is 11.3. The van der Waals surface area contributed by atoms with Crippen molar-refractivity contribution in [3.63, 3.8) is 0 Å². The van der Waals surface area contributed by atoms with Crippen LogP contribution in [-0.4, -0.2) is 0 Å². The smallest absolute Gasteiger partial charge is 0.0546 e. The van der Waals surface area contributed by atoms with E-state index < -0.39 is 0 Å². The van der Waals surface area contributed by atoms with E-state index in [9.17, 15) is 0 Å². The molecule has 1 aliphatic rings. The second-order valence-electron chi connectivity index (χ2n) is 13.0. The van der Waals surface area contributed by atoms with Crippen molar-refractivity contribution in [2.45, 2.75) is 19.3 Å². The van der Waals surface area contributed by atoms with Crippen LogP contribution in [0.4, 0.5) is 17.1 Å². The van der Waals surface area contributed by atoms with Crippen LogP contribution in [-0.2, 0) is 5.41 Å². The monoisotopic (exact) mass is 587 g/mol. The van der Waals surface area contributed by atoms with Crippen molar-refractivity contribution in [1.29, 1.82) is 0 Å². The molecule has 1 aliphatic carbocycles. The Hall–Kier alpha value is -5.66. The lowest BCUT2D eigenvalue weighted by Crippen LogP contribution is -2.15. The zero-order valence-electron chi connectivity index (χ0n) is 26.0. The van der Waals surface area contributed by atoms with Gasteiger partial charge in [0, 0.05) is 22.2 Å². The number of benzene rings is 8. The van der Waals surface area contributed by atoms with Crippen LogP contribution in [0.5, 0.6) is 0 Å². The van der Waals surface area contributed by atoms with Crippen LogP contribution in [0.3, 0.4) is 0 Å². The van der Waals surface area contributed by atoms with Gasteiger partial charge in [-0.05, 0) is 109 Å². The Labute approximate surface area is 270 Å². The van der Waals surface area contributed by atoms with Crippen LogP contribution in [0.1, 0.15) is 25.0 Å². The molecule has 0 amide bonds. The van der Waals surface area contributed by atoms with Gasteiger partial charge in [0.05, 0.1) is 5.69 Å². The minimum atomic E-state index is -0.0606. The molecule has 8 aromatic carbocycles. The summed E-state index contributed by atoms with van der Waals surface area (Å²) in [6, 6.07) is 60.2. The molecular formula is C45H33N. The lowest BCUT2D eigenvalue weighted by molar-refractivity contribution is 0.661. The first-order valence-electron chi connectivity index (χ1n) is 16.1. The average Bonchev–Trinajstić information content (AvgIpc) is 3.33. The SMILES string of the molecule is CC1(C)c2ccccc2-c2cc3ccc4cccc(N(c5ccccc5)c5ccc(-c6ccc7ccccc7c6)cc5)c4c3cc21. The number of fused-ring (bicyclic) bond motifs is 7. The first-order valence-corrected chi connectivity index (χ1v) is 16.1. The van der Waals surface area contributed by atoms with E-state index in [0.29, 0.717) is 0 Å². The van der Waals surface area contributed by atoms with E-state index in [-0.39, 0.29) is 5.41 Å². The van der Waals surface area contributed by atoms with Crippen molar-refractivity contribution < 1.29 is 0 Å². The van der Waals surface area contributed by atoms with Gasteiger partial charge in [0.25, 0.3) is 0 Å². The largest absolute Gasteiger partial charge is 0.310 e. The highest BCUT2D eigenvalue weighted by molar-refractivity contribution is 6.16. The molecule has 218 valence electrons. The van der Waals surface area contributed by atoms with Gasteiger partial charge >= 0.3 is 0 Å². The van der Waals surface area contributed by atoms with Crippen molar-refractivity contribution in [2.24, 2.45) is 0 Å². The molecule has 0 aliphatic heterocycles. The molecule has 0 atom stereocenters. The maximum Gasteiger partial charge on any atom is 0.0546 e. The van der Waals surface area contributed by atoms with Crippen molar-refractivity contribution in [2.75, 3.05) is 4.90 Å². The Balaban J connectivity index is 1.24. The molecule has 8 aromatic rings. The second-order valence-corrected chi connectivity index (χ2v) is 13.0. The Morgan fingerprint density at radius 3 is 1.91 bits per heavy atom. The van der Waals surface area contributed by atoms with Gasteiger partial charge in [0.1, 0.15) is 0 Å². The molecule has 0 fully saturated rings. The standard InChI is InChI=1S/C45H33N/c1-45(2)41-17-9-8-16-38(41)40-28-35-22-20-32-13-10-18-43(44(32)39(35)29-42(40)45)46(36-14-4-3-5-15-36)37-25-23-31(24-26-37)34-21-19-30-11-6-7-12-33(30)27-34/h3-29H,1-2H3. The number of rotatable bonds is 4. The van der Waals surface area contributed by atoms with Crippen LogP contribution in [0.15, 0.2) is 164 Å². The molecule has 0 radical (unpaired) electrons. The fourth-order valence-electron chi connectivity index (χ4n) is 7.65. The van der Waals surface area contributed by atoms with Gasteiger partial charge in [-0.15, -0.1) is 0 Å². The molecule has 0 saturated carbocycles. The summed E-state index contributed by atoms with van der Waals surface area (Å²) in [6.45, 7) is 4.73. The van der Waals surface area contributed by atoms with Crippen molar-refractivity contribution in [3.8, 4) is 22.3 Å². The molecule has 1 nitrogen and oxygen atoms in total. The van der Waals surface area contributed by atoms with Crippen molar-refractivity contribution in [1.82, 2.24) is 0 Å². The lowest BCUT2D eigenvalue weighted by Gasteiger charge is -2.28. The van der Waals surface area contributed by atoms with Crippen LogP contribution in [0.25, 0.3) is 54.6 Å². The summed E-state index contributed by atoms with van der Waals surface area (Å²) in [5.74, 6) is 0. The highest BCUT2D eigenvalue weighted by atomic mass is 15.1. The van der Waals surface area contributed by atoms with Crippen molar-refractivity contribution >= 4 is 49.4 Å². The summed E-state index contributed by atoms with van der Waals surface area (Å²) in [5, 5.41) is 7.60. The molecule has 0 spiro atoms. The summed E-state index contributed by atoms with van der Waals surface area (Å²) in [7, 11) is 0. The summed E-state index contributed by atoms with van der Waals surface area (Å²) in [4.78, 5) is 2.42. The first kappa shape index (κ1) is 26.7. The van der Waals surface area contributed by atoms with Crippen molar-refractivity contribution in [3.05, 3.63) is 175 Å². The van der Waals surface area contributed by atoms with Gasteiger partial charge < -0.3 is 4.90 Å². The van der Waals surface area contributed by atoms with E-state index >= 15 is 0 Å². The van der Waals surface area contributed by atoms with E-state index in [1.54, 1.807) is 0 Å². The number of hydrogen-bond acceptors (Lipinski definition) is 1. The van der Waals surface area contributed by atoms with Gasteiger partial charge in [-0.25, -0.2) is 0 Å². The van der Waals surface area contributed by atoms with E-state index in [1.165, 1.54) is 71.4 Å². The Morgan fingerprint density at radius 2 is 1.07 bits per heavy atom. The Bertz CT molecular complexity index is 2430. The predicted molar refractivity (Wildman–Crippen MR) is 197 cm³/mol. The summed E-state index contributed by atoms with van der Waals surface area (Å²) < 4.78 is 0. The molecule has 0 N–H and O–H groups in total. The topological polar surface area (TPSA) is 3.24 Å². The third-order valence-corrected chi connectivity index (χ3v) is 10.0. The van der Waals surface area contributed by atoms with Gasteiger partial charge in [0.2, 0.25) is 0 Å². The molecule has 1 heteroatoms. The van der Waals surface area contributed by atoms with Gasteiger partial charge in [-0.1, -0.05) is 129 Å². The highest BCUT2D eigenvalue weighted by Gasteiger charge is 2.35. The number of nitrogens with zero attached hydrogens (tertiary/aromatic N) is 1. The fraction of sp³-hybridized carbons (Fsp3) is 0.0667. The third kappa shape index (κ3) is 4.09. The van der Waals surface area contributed by atoms with Gasteiger partial charge in [-0.3, -0.25) is 0 Å². The van der Waals surface area contributed by atoms with E-state index in [2.05, 4.69) is 183 Å². The molecule has 0 saturated heterocycles. The normalized spacial score (nSPS) is 13.2. The predicted octanol–water partition coefficient (Wildman–Crippen LogP) is 12.6. The van der Waals surface area contributed by atoms with Gasteiger partial charge in [-0.2, -0.15) is 0 Å². The average molecular weight is 588 g/mol. The fourth-order valence-corrected chi connectivity index (χ4v) is 7.65. The third-order valence-electron chi connectivity index (χ3n) is 10.0. The minimum absolute atomic E-state index is 0.0606. The first-order chi connectivity index (χ1) is 22.6. The lowest BCUT2D eigenvalue weighted by atomic mass is 9.81. The number of para-hydroxylation sites is 1.